The first-order valence-electron chi connectivity index (χ1n) is 4.76. The van der Waals surface area contributed by atoms with E-state index in [2.05, 4.69) is 4.98 Å². The van der Waals surface area contributed by atoms with Crippen molar-refractivity contribution in [1.82, 2.24) is 18.7 Å². The third-order valence-electron chi connectivity index (χ3n) is 2.53. The number of carbonyl (C=O) groups is 1. The Kier molecular flexibility index (Phi) is 2.34. The third kappa shape index (κ3) is 1.53. The lowest BCUT2D eigenvalue weighted by Crippen LogP contribution is -2.26. The second kappa shape index (κ2) is 3.58. The smallest absolute Gasteiger partial charge is 0.329 e. The van der Waals surface area contributed by atoms with E-state index in [1.54, 1.807) is 0 Å². The standard InChI is InChI=1S/C9H10N4O4/c1-11-6-7(12(2)9(11)17)10-4-13(8(6)16)3-5(14)15/h4H,3H2,1-2H3,(H,14,15). The van der Waals surface area contributed by atoms with Crippen molar-refractivity contribution >= 4 is 17.1 Å². The highest BCUT2D eigenvalue weighted by molar-refractivity contribution is 5.71. The molecule has 8 nitrogen and oxygen atoms in total. The Morgan fingerprint density at radius 3 is 2.59 bits per heavy atom. The maximum absolute atomic E-state index is 11.9. The van der Waals surface area contributed by atoms with E-state index in [1.807, 2.05) is 0 Å². The lowest BCUT2D eigenvalue weighted by atomic mass is 10.5. The topological polar surface area (TPSA) is 99.1 Å². The van der Waals surface area contributed by atoms with Crippen molar-refractivity contribution in [2.24, 2.45) is 14.1 Å². The minimum atomic E-state index is -1.14. The van der Waals surface area contributed by atoms with Crippen LogP contribution in [0.25, 0.3) is 11.2 Å². The zero-order chi connectivity index (χ0) is 12.7. The zero-order valence-electron chi connectivity index (χ0n) is 9.25. The molecule has 8 heteroatoms. The van der Waals surface area contributed by atoms with E-state index < -0.39 is 18.1 Å². The van der Waals surface area contributed by atoms with Crippen LogP contribution in [0.15, 0.2) is 15.9 Å². The summed E-state index contributed by atoms with van der Waals surface area (Å²) >= 11 is 0. The van der Waals surface area contributed by atoms with Crippen LogP contribution in [0.4, 0.5) is 0 Å². The van der Waals surface area contributed by atoms with Crippen LogP contribution >= 0.6 is 0 Å². The van der Waals surface area contributed by atoms with Gasteiger partial charge >= 0.3 is 11.7 Å². The van der Waals surface area contributed by atoms with E-state index in [9.17, 15) is 14.4 Å². The molecule has 0 atom stereocenters. The Morgan fingerprint density at radius 1 is 1.35 bits per heavy atom. The fourth-order valence-corrected chi connectivity index (χ4v) is 1.68. The third-order valence-corrected chi connectivity index (χ3v) is 2.53. The number of aromatic nitrogens is 4. The molecule has 2 aromatic rings. The highest BCUT2D eigenvalue weighted by Gasteiger charge is 2.14. The number of hydrogen-bond donors (Lipinski definition) is 1. The van der Waals surface area contributed by atoms with Crippen LogP contribution in [0.5, 0.6) is 0 Å². The van der Waals surface area contributed by atoms with Gasteiger partial charge in [0.05, 0.1) is 0 Å². The van der Waals surface area contributed by atoms with Gasteiger partial charge in [0, 0.05) is 14.1 Å². The number of imidazole rings is 1. The molecule has 0 aliphatic carbocycles. The summed E-state index contributed by atoms with van der Waals surface area (Å²) in [4.78, 5) is 38.0. The molecule has 0 aromatic carbocycles. The van der Waals surface area contributed by atoms with Gasteiger partial charge in [0.1, 0.15) is 12.9 Å². The average Bonchev–Trinajstić information content (AvgIpc) is 2.48. The van der Waals surface area contributed by atoms with Crippen molar-refractivity contribution in [3.05, 3.63) is 27.2 Å². The van der Waals surface area contributed by atoms with E-state index in [0.717, 1.165) is 15.5 Å². The Labute approximate surface area is 94.3 Å². The summed E-state index contributed by atoms with van der Waals surface area (Å²) < 4.78 is 3.34. The molecule has 17 heavy (non-hydrogen) atoms. The van der Waals surface area contributed by atoms with Gasteiger partial charge in [0.2, 0.25) is 0 Å². The lowest BCUT2D eigenvalue weighted by molar-refractivity contribution is -0.137. The number of fused-ring (bicyclic) bond motifs is 1. The predicted molar refractivity (Wildman–Crippen MR) is 57.9 cm³/mol. The molecule has 0 amide bonds. The summed E-state index contributed by atoms with van der Waals surface area (Å²) in [7, 11) is 2.94. The first kappa shape index (κ1) is 11.1. The van der Waals surface area contributed by atoms with E-state index in [-0.39, 0.29) is 16.9 Å². The molecule has 0 aliphatic rings. The Balaban J connectivity index is 2.85. The summed E-state index contributed by atoms with van der Waals surface area (Å²) in [5.41, 5.74) is -0.583. The van der Waals surface area contributed by atoms with Crippen LogP contribution < -0.4 is 11.2 Å². The number of hydrogen-bond acceptors (Lipinski definition) is 4. The normalized spacial score (nSPS) is 10.9. The maximum Gasteiger partial charge on any atom is 0.329 e. The molecule has 90 valence electrons. The van der Waals surface area contributed by atoms with E-state index in [0.29, 0.717) is 0 Å². The molecule has 2 aromatic heterocycles. The molecule has 0 spiro atoms. The molecule has 0 radical (unpaired) electrons. The second-order valence-corrected chi connectivity index (χ2v) is 3.64. The van der Waals surface area contributed by atoms with Gasteiger partial charge in [-0.15, -0.1) is 0 Å². The number of nitrogens with zero attached hydrogens (tertiary/aromatic N) is 4. The fourth-order valence-electron chi connectivity index (χ4n) is 1.68. The number of carboxylic acid groups (broad SMARTS) is 1. The molecule has 0 saturated heterocycles. The number of carboxylic acids is 1. The number of aryl methyl sites for hydroxylation is 2. The van der Waals surface area contributed by atoms with Crippen LogP contribution in [0.3, 0.4) is 0 Å². The Morgan fingerprint density at radius 2 is 2.00 bits per heavy atom. The van der Waals surface area contributed by atoms with Gasteiger partial charge in [-0.25, -0.2) is 9.78 Å². The van der Waals surface area contributed by atoms with Gasteiger partial charge in [-0.1, -0.05) is 0 Å². The summed E-state index contributed by atoms with van der Waals surface area (Å²) in [6.45, 7) is -0.481. The summed E-state index contributed by atoms with van der Waals surface area (Å²) in [6, 6.07) is 0. The molecule has 0 saturated carbocycles. The van der Waals surface area contributed by atoms with Crippen molar-refractivity contribution < 1.29 is 9.90 Å². The largest absolute Gasteiger partial charge is 0.480 e. The number of rotatable bonds is 2. The first-order valence-corrected chi connectivity index (χ1v) is 4.76. The van der Waals surface area contributed by atoms with E-state index in [4.69, 9.17) is 5.11 Å². The van der Waals surface area contributed by atoms with Crippen LogP contribution in [-0.4, -0.2) is 29.8 Å². The maximum atomic E-state index is 11.9. The van der Waals surface area contributed by atoms with Crippen LogP contribution in [-0.2, 0) is 25.4 Å². The molecule has 1 N–H and O–H groups in total. The molecule has 2 heterocycles. The quantitative estimate of drug-likeness (QED) is 0.687. The predicted octanol–water partition coefficient (Wildman–Crippen LogP) is -1.48. The van der Waals surface area contributed by atoms with Gasteiger partial charge in [-0.2, -0.15) is 0 Å². The average molecular weight is 238 g/mol. The second-order valence-electron chi connectivity index (χ2n) is 3.64. The van der Waals surface area contributed by atoms with Crippen LogP contribution in [0, 0.1) is 0 Å². The molecule has 0 aliphatic heterocycles. The van der Waals surface area contributed by atoms with Crippen molar-refractivity contribution in [3.63, 3.8) is 0 Å². The fraction of sp³-hybridized carbons (Fsp3) is 0.333. The molecule has 0 fully saturated rings. The highest BCUT2D eigenvalue weighted by atomic mass is 16.4. The van der Waals surface area contributed by atoms with Crippen molar-refractivity contribution in [2.45, 2.75) is 6.54 Å². The highest BCUT2D eigenvalue weighted by Crippen LogP contribution is 2.01. The van der Waals surface area contributed by atoms with Crippen molar-refractivity contribution in [2.75, 3.05) is 0 Å². The Bertz CT molecular complexity index is 721. The SMILES string of the molecule is Cn1c(=O)n(C)c2c(=O)n(CC(=O)O)cnc21. The summed E-state index contributed by atoms with van der Waals surface area (Å²) in [5.74, 6) is -1.14. The molecule has 0 bridgehead atoms. The van der Waals surface area contributed by atoms with Gasteiger partial charge in [0.25, 0.3) is 5.56 Å². The first-order chi connectivity index (χ1) is 7.93. The van der Waals surface area contributed by atoms with Gasteiger partial charge in [-0.05, 0) is 0 Å². The monoisotopic (exact) mass is 238 g/mol. The summed E-state index contributed by atoms with van der Waals surface area (Å²) in [5, 5.41) is 8.63. The molecular weight excluding hydrogens is 228 g/mol. The van der Waals surface area contributed by atoms with Gasteiger partial charge in [0.15, 0.2) is 11.2 Å². The summed E-state index contributed by atoms with van der Waals surface area (Å²) in [6.07, 6.45) is 1.12. The number of aliphatic carboxylic acids is 1. The van der Waals surface area contributed by atoms with E-state index in [1.165, 1.54) is 18.7 Å². The molecular formula is C9H10N4O4. The zero-order valence-corrected chi connectivity index (χ0v) is 9.25. The minimum Gasteiger partial charge on any atom is -0.480 e. The molecule has 0 unspecified atom stereocenters. The van der Waals surface area contributed by atoms with E-state index >= 15 is 0 Å². The Hall–Kier alpha value is -2.38. The van der Waals surface area contributed by atoms with Crippen LogP contribution in [0.2, 0.25) is 0 Å². The van der Waals surface area contributed by atoms with Gasteiger partial charge in [-0.3, -0.25) is 23.3 Å². The molecule has 2 rings (SSSR count). The van der Waals surface area contributed by atoms with Crippen molar-refractivity contribution in [3.8, 4) is 0 Å². The minimum absolute atomic E-state index is 0.0984. The van der Waals surface area contributed by atoms with Crippen LogP contribution in [0.1, 0.15) is 0 Å². The van der Waals surface area contributed by atoms with Gasteiger partial charge < -0.3 is 5.11 Å². The lowest BCUT2D eigenvalue weighted by Gasteiger charge is -2.01. The van der Waals surface area contributed by atoms with Crippen molar-refractivity contribution in [1.29, 1.82) is 0 Å².